The van der Waals surface area contributed by atoms with Gasteiger partial charge in [-0.05, 0) is 29.5 Å². The topological polar surface area (TPSA) is 29.5 Å². The Bertz CT molecular complexity index is 839. The molecule has 3 nitrogen and oxygen atoms in total. The van der Waals surface area contributed by atoms with Gasteiger partial charge in [0, 0.05) is 6.54 Å². The quantitative estimate of drug-likeness (QED) is 0.629. The van der Waals surface area contributed by atoms with Gasteiger partial charge in [0.2, 0.25) is 0 Å². The number of nitrogens with zero attached hydrogens (tertiary/aromatic N) is 1. The van der Waals surface area contributed by atoms with E-state index in [2.05, 4.69) is 24.3 Å². The van der Waals surface area contributed by atoms with Crippen LogP contribution in [0.5, 0.6) is 0 Å². The second-order valence-electron chi connectivity index (χ2n) is 6.89. The van der Waals surface area contributed by atoms with Crippen LogP contribution in [0.2, 0.25) is 0 Å². The van der Waals surface area contributed by atoms with Crippen molar-refractivity contribution >= 4 is 6.09 Å². The smallest absolute Gasteiger partial charge is 0.411 e. The standard InChI is InChI=1S/C24H23NO2/c26-23(27-19-20-11-4-1-5-12-20)25-18-10-17-24(25,21-13-6-2-7-14-21)22-15-8-3-9-16-22/h1-9,11-16H,10,17-19H2. The summed E-state index contributed by atoms with van der Waals surface area (Å²) in [6, 6.07) is 30.4. The number of rotatable bonds is 4. The first kappa shape index (κ1) is 17.3. The van der Waals surface area contributed by atoms with E-state index in [0.717, 1.165) is 29.5 Å². The number of ether oxygens (including phenoxy) is 1. The molecule has 1 aliphatic rings. The van der Waals surface area contributed by atoms with Crippen LogP contribution in [0, 0.1) is 0 Å². The van der Waals surface area contributed by atoms with Crippen LogP contribution >= 0.6 is 0 Å². The van der Waals surface area contributed by atoms with E-state index in [0.29, 0.717) is 6.54 Å². The lowest BCUT2D eigenvalue weighted by Gasteiger charge is -2.39. The molecule has 0 aliphatic carbocycles. The predicted molar refractivity (Wildman–Crippen MR) is 106 cm³/mol. The van der Waals surface area contributed by atoms with Crippen molar-refractivity contribution < 1.29 is 9.53 Å². The highest BCUT2D eigenvalue weighted by Crippen LogP contribution is 2.44. The molecule has 0 bridgehead atoms. The van der Waals surface area contributed by atoms with E-state index in [-0.39, 0.29) is 12.7 Å². The van der Waals surface area contributed by atoms with Gasteiger partial charge < -0.3 is 4.74 Å². The second kappa shape index (κ2) is 7.67. The summed E-state index contributed by atoms with van der Waals surface area (Å²) in [5, 5.41) is 0. The Morgan fingerprint density at radius 2 is 1.33 bits per heavy atom. The average Bonchev–Trinajstić information content (AvgIpc) is 3.20. The molecule has 3 aromatic carbocycles. The highest BCUT2D eigenvalue weighted by molar-refractivity contribution is 5.71. The molecule has 4 rings (SSSR count). The molecule has 1 saturated heterocycles. The number of hydrogen-bond donors (Lipinski definition) is 0. The van der Waals surface area contributed by atoms with E-state index in [1.165, 1.54) is 0 Å². The van der Waals surface area contributed by atoms with E-state index in [9.17, 15) is 4.79 Å². The molecule has 0 N–H and O–H groups in total. The van der Waals surface area contributed by atoms with Crippen LogP contribution in [-0.2, 0) is 16.9 Å². The molecule has 1 heterocycles. The predicted octanol–water partition coefficient (Wildman–Crippen LogP) is 5.36. The monoisotopic (exact) mass is 357 g/mol. The molecular weight excluding hydrogens is 334 g/mol. The lowest BCUT2D eigenvalue weighted by Crippen LogP contribution is -2.46. The average molecular weight is 357 g/mol. The summed E-state index contributed by atoms with van der Waals surface area (Å²) in [5.74, 6) is 0. The van der Waals surface area contributed by atoms with Crippen molar-refractivity contribution in [3.63, 3.8) is 0 Å². The summed E-state index contributed by atoms with van der Waals surface area (Å²) < 4.78 is 5.70. The zero-order chi connectivity index (χ0) is 18.5. The zero-order valence-corrected chi connectivity index (χ0v) is 15.3. The van der Waals surface area contributed by atoms with Crippen molar-refractivity contribution in [2.24, 2.45) is 0 Å². The lowest BCUT2D eigenvalue weighted by molar-refractivity contribution is 0.0751. The molecule has 0 saturated carbocycles. The third kappa shape index (κ3) is 3.33. The van der Waals surface area contributed by atoms with Gasteiger partial charge in [-0.3, -0.25) is 4.90 Å². The molecule has 0 spiro atoms. The fourth-order valence-electron chi connectivity index (χ4n) is 4.06. The van der Waals surface area contributed by atoms with Crippen molar-refractivity contribution in [1.29, 1.82) is 0 Å². The van der Waals surface area contributed by atoms with Crippen molar-refractivity contribution in [3.05, 3.63) is 108 Å². The zero-order valence-electron chi connectivity index (χ0n) is 15.3. The number of carbonyl (C=O) groups excluding carboxylic acids is 1. The van der Waals surface area contributed by atoms with Crippen LogP contribution in [0.25, 0.3) is 0 Å². The van der Waals surface area contributed by atoms with Crippen LogP contribution in [0.1, 0.15) is 29.5 Å². The van der Waals surface area contributed by atoms with Crippen LogP contribution in [0.15, 0.2) is 91.0 Å². The first-order valence-corrected chi connectivity index (χ1v) is 9.40. The van der Waals surface area contributed by atoms with Crippen LogP contribution in [0.4, 0.5) is 4.79 Å². The van der Waals surface area contributed by atoms with Gasteiger partial charge in [0.25, 0.3) is 0 Å². The summed E-state index contributed by atoms with van der Waals surface area (Å²) >= 11 is 0. The van der Waals surface area contributed by atoms with E-state index in [4.69, 9.17) is 4.74 Å². The van der Waals surface area contributed by atoms with Crippen molar-refractivity contribution in [1.82, 2.24) is 4.90 Å². The first-order chi connectivity index (χ1) is 13.3. The minimum absolute atomic E-state index is 0.260. The van der Waals surface area contributed by atoms with Gasteiger partial charge >= 0.3 is 6.09 Å². The minimum atomic E-state index is -0.476. The summed E-state index contributed by atoms with van der Waals surface area (Å²) in [4.78, 5) is 15.0. The lowest BCUT2D eigenvalue weighted by atomic mass is 9.80. The summed E-state index contributed by atoms with van der Waals surface area (Å²) in [6.45, 7) is 0.979. The Kier molecular flexibility index (Phi) is 4.93. The highest BCUT2D eigenvalue weighted by atomic mass is 16.6. The first-order valence-electron chi connectivity index (χ1n) is 9.40. The van der Waals surface area contributed by atoms with E-state index in [1.54, 1.807) is 0 Å². The summed E-state index contributed by atoms with van der Waals surface area (Å²) in [5.41, 5.74) is 2.78. The maximum Gasteiger partial charge on any atom is 0.411 e. The van der Waals surface area contributed by atoms with Gasteiger partial charge in [0.05, 0.1) is 5.54 Å². The number of likely N-dealkylation sites (tertiary alicyclic amines) is 1. The van der Waals surface area contributed by atoms with Gasteiger partial charge in [-0.2, -0.15) is 0 Å². The van der Waals surface area contributed by atoms with Gasteiger partial charge in [0.15, 0.2) is 0 Å². The molecule has 3 heteroatoms. The normalized spacial score (nSPS) is 15.5. The molecule has 0 unspecified atom stereocenters. The number of amides is 1. The fourth-order valence-corrected chi connectivity index (χ4v) is 4.06. The van der Waals surface area contributed by atoms with E-state index in [1.807, 2.05) is 71.6 Å². The molecule has 0 atom stereocenters. The van der Waals surface area contributed by atoms with Gasteiger partial charge in [-0.25, -0.2) is 4.79 Å². The number of hydrogen-bond acceptors (Lipinski definition) is 2. The largest absolute Gasteiger partial charge is 0.445 e. The Morgan fingerprint density at radius 1 is 0.815 bits per heavy atom. The Morgan fingerprint density at radius 3 is 1.89 bits per heavy atom. The molecule has 1 aliphatic heterocycles. The molecule has 1 fully saturated rings. The van der Waals surface area contributed by atoms with Crippen molar-refractivity contribution in [2.75, 3.05) is 6.54 Å². The molecule has 27 heavy (non-hydrogen) atoms. The van der Waals surface area contributed by atoms with E-state index < -0.39 is 5.54 Å². The number of benzene rings is 3. The third-order valence-corrected chi connectivity index (χ3v) is 5.31. The van der Waals surface area contributed by atoms with Crippen LogP contribution in [-0.4, -0.2) is 17.5 Å². The summed E-state index contributed by atoms with van der Waals surface area (Å²) in [7, 11) is 0. The third-order valence-electron chi connectivity index (χ3n) is 5.31. The van der Waals surface area contributed by atoms with Crippen LogP contribution < -0.4 is 0 Å². The molecule has 136 valence electrons. The SMILES string of the molecule is O=C(OCc1ccccc1)N1CCCC1(c1ccccc1)c1ccccc1. The Labute approximate surface area is 160 Å². The van der Waals surface area contributed by atoms with E-state index >= 15 is 0 Å². The molecule has 1 amide bonds. The van der Waals surface area contributed by atoms with Gasteiger partial charge in [0.1, 0.15) is 6.61 Å². The number of carbonyl (C=O) groups is 1. The Hall–Kier alpha value is -3.07. The maximum atomic E-state index is 13.1. The van der Waals surface area contributed by atoms with Gasteiger partial charge in [-0.1, -0.05) is 91.0 Å². The molecule has 3 aromatic rings. The maximum absolute atomic E-state index is 13.1. The second-order valence-corrected chi connectivity index (χ2v) is 6.89. The Balaban J connectivity index is 1.67. The summed E-state index contributed by atoms with van der Waals surface area (Å²) in [6.07, 6.45) is 1.58. The van der Waals surface area contributed by atoms with Crippen LogP contribution in [0.3, 0.4) is 0 Å². The molecule has 0 radical (unpaired) electrons. The minimum Gasteiger partial charge on any atom is -0.445 e. The molecular formula is C24H23NO2. The van der Waals surface area contributed by atoms with Gasteiger partial charge in [-0.15, -0.1) is 0 Å². The van der Waals surface area contributed by atoms with Crippen molar-refractivity contribution in [2.45, 2.75) is 25.0 Å². The fraction of sp³-hybridized carbons (Fsp3) is 0.208. The van der Waals surface area contributed by atoms with Crippen molar-refractivity contribution in [3.8, 4) is 0 Å². The highest BCUT2D eigenvalue weighted by Gasteiger charge is 2.47. The molecule has 0 aromatic heterocycles.